The van der Waals surface area contributed by atoms with Gasteiger partial charge in [0.2, 0.25) is 0 Å². The summed E-state index contributed by atoms with van der Waals surface area (Å²) < 4.78 is 5.41. The quantitative estimate of drug-likeness (QED) is 0.680. The number of hydrogen-bond acceptors (Lipinski definition) is 2. The normalized spacial score (nSPS) is 10.9. The number of aromatic amines is 1. The number of aryl methyl sites for hydroxylation is 1. The second-order valence-corrected chi connectivity index (χ2v) is 3.10. The molecule has 0 atom stereocenters. The predicted octanol–water partition coefficient (Wildman–Crippen LogP) is 1.77. The molecule has 68 valence electrons. The number of rotatable bonds is 5. The fourth-order valence-electron chi connectivity index (χ4n) is 1.00. The van der Waals surface area contributed by atoms with Gasteiger partial charge in [0.05, 0.1) is 12.4 Å². The molecule has 1 aromatic rings. The van der Waals surface area contributed by atoms with Crippen LogP contribution in [0.4, 0.5) is 0 Å². The van der Waals surface area contributed by atoms with Crippen LogP contribution >= 0.6 is 0 Å². The van der Waals surface area contributed by atoms with Crippen molar-refractivity contribution in [3.8, 4) is 0 Å². The molecule has 1 N–H and O–H groups in total. The third-order valence-electron chi connectivity index (χ3n) is 1.60. The lowest BCUT2D eigenvalue weighted by molar-refractivity contribution is 0.0771. The number of aromatic nitrogens is 2. The first-order chi connectivity index (χ1) is 5.79. The average molecular weight is 168 g/mol. The van der Waals surface area contributed by atoms with E-state index in [1.165, 1.54) is 5.69 Å². The molecular formula is C9H16N2O. The summed E-state index contributed by atoms with van der Waals surface area (Å²) in [6, 6.07) is 0. The first-order valence-corrected chi connectivity index (χ1v) is 4.38. The lowest BCUT2D eigenvalue weighted by Crippen LogP contribution is -2.04. The Balaban J connectivity index is 2.04. The summed E-state index contributed by atoms with van der Waals surface area (Å²) in [7, 11) is 0. The van der Waals surface area contributed by atoms with Crippen LogP contribution in [0, 0.1) is 0 Å². The van der Waals surface area contributed by atoms with Crippen LogP contribution in [0.25, 0.3) is 0 Å². The molecule has 1 heterocycles. The van der Waals surface area contributed by atoms with Crippen molar-refractivity contribution >= 4 is 0 Å². The van der Waals surface area contributed by atoms with Gasteiger partial charge in [-0.2, -0.15) is 0 Å². The summed E-state index contributed by atoms with van der Waals surface area (Å²) in [5, 5.41) is 0. The molecule has 0 aliphatic heterocycles. The molecule has 1 aromatic heterocycles. The van der Waals surface area contributed by atoms with Crippen LogP contribution < -0.4 is 0 Å². The summed E-state index contributed by atoms with van der Waals surface area (Å²) in [6.07, 6.45) is 5.98. The zero-order valence-electron chi connectivity index (χ0n) is 7.71. The summed E-state index contributed by atoms with van der Waals surface area (Å²) in [5.41, 5.74) is 1.18. The van der Waals surface area contributed by atoms with Crippen molar-refractivity contribution in [3.05, 3.63) is 18.2 Å². The first-order valence-electron chi connectivity index (χ1n) is 4.38. The Bertz CT molecular complexity index is 194. The number of H-pyrrole nitrogens is 1. The SMILES string of the molecule is CC(C)OCCCc1cnc[nH]1. The third-order valence-corrected chi connectivity index (χ3v) is 1.60. The van der Waals surface area contributed by atoms with Gasteiger partial charge in [0, 0.05) is 18.5 Å². The van der Waals surface area contributed by atoms with E-state index in [2.05, 4.69) is 23.8 Å². The maximum atomic E-state index is 5.41. The van der Waals surface area contributed by atoms with E-state index in [4.69, 9.17) is 4.74 Å². The number of hydrogen-bond donors (Lipinski definition) is 1. The molecule has 0 radical (unpaired) electrons. The van der Waals surface area contributed by atoms with E-state index in [0.717, 1.165) is 19.4 Å². The summed E-state index contributed by atoms with van der Waals surface area (Å²) in [4.78, 5) is 7.00. The highest BCUT2D eigenvalue weighted by Gasteiger charge is 1.95. The minimum Gasteiger partial charge on any atom is -0.379 e. The minimum absolute atomic E-state index is 0.340. The number of nitrogens with one attached hydrogen (secondary N) is 1. The van der Waals surface area contributed by atoms with E-state index in [1.54, 1.807) is 6.33 Å². The fraction of sp³-hybridized carbons (Fsp3) is 0.667. The molecule has 3 nitrogen and oxygen atoms in total. The van der Waals surface area contributed by atoms with Crippen LogP contribution in [0.2, 0.25) is 0 Å². The van der Waals surface area contributed by atoms with Crippen molar-refractivity contribution in [1.82, 2.24) is 9.97 Å². The van der Waals surface area contributed by atoms with Crippen molar-refractivity contribution in [2.24, 2.45) is 0 Å². The Kier molecular flexibility index (Phi) is 3.80. The standard InChI is InChI=1S/C9H16N2O/c1-8(2)12-5-3-4-9-6-10-7-11-9/h6-8H,3-5H2,1-2H3,(H,10,11). The first kappa shape index (κ1) is 9.26. The molecule has 0 unspecified atom stereocenters. The van der Waals surface area contributed by atoms with Crippen LogP contribution in [0.1, 0.15) is 26.0 Å². The highest BCUT2D eigenvalue weighted by atomic mass is 16.5. The molecule has 0 saturated carbocycles. The molecule has 0 bridgehead atoms. The smallest absolute Gasteiger partial charge is 0.0921 e. The molecule has 1 rings (SSSR count). The molecule has 0 fully saturated rings. The monoisotopic (exact) mass is 168 g/mol. The molecule has 0 spiro atoms. The van der Waals surface area contributed by atoms with E-state index in [9.17, 15) is 0 Å². The van der Waals surface area contributed by atoms with Crippen LogP contribution in [0.5, 0.6) is 0 Å². The van der Waals surface area contributed by atoms with Gasteiger partial charge in [-0.3, -0.25) is 0 Å². The highest BCUT2D eigenvalue weighted by Crippen LogP contribution is 1.98. The number of imidazole rings is 1. The average Bonchev–Trinajstić information content (AvgIpc) is 2.49. The Labute approximate surface area is 73.2 Å². The number of ether oxygens (including phenoxy) is 1. The zero-order chi connectivity index (χ0) is 8.81. The van der Waals surface area contributed by atoms with Crippen LogP contribution in [-0.2, 0) is 11.2 Å². The second kappa shape index (κ2) is 4.93. The van der Waals surface area contributed by atoms with Gasteiger partial charge in [-0.1, -0.05) is 0 Å². The lowest BCUT2D eigenvalue weighted by Gasteiger charge is -2.05. The number of nitrogens with zero attached hydrogens (tertiary/aromatic N) is 1. The van der Waals surface area contributed by atoms with E-state index < -0.39 is 0 Å². The molecule has 0 saturated heterocycles. The fourth-order valence-corrected chi connectivity index (χ4v) is 1.00. The summed E-state index contributed by atoms with van der Waals surface area (Å²) in [6.45, 7) is 4.93. The highest BCUT2D eigenvalue weighted by molar-refractivity contribution is 4.93. The van der Waals surface area contributed by atoms with Crippen molar-refractivity contribution in [3.63, 3.8) is 0 Å². The molecule has 0 aromatic carbocycles. The molecule has 0 amide bonds. The maximum Gasteiger partial charge on any atom is 0.0921 e. The van der Waals surface area contributed by atoms with Gasteiger partial charge in [-0.15, -0.1) is 0 Å². The van der Waals surface area contributed by atoms with Crippen LogP contribution in [0.3, 0.4) is 0 Å². The van der Waals surface area contributed by atoms with Crippen LogP contribution in [-0.4, -0.2) is 22.7 Å². The van der Waals surface area contributed by atoms with E-state index in [1.807, 2.05) is 6.20 Å². The van der Waals surface area contributed by atoms with Crippen molar-refractivity contribution in [2.75, 3.05) is 6.61 Å². The van der Waals surface area contributed by atoms with Crippen molar-refractivity contribution in [1.29, 1.82) is 0 Å². The molecule has 0 aliphatic rings. The largest absolute Gasteiger partial charge is 0.379 e. The van der Waals surface area contributed by atoms with Crippen LogP contribution in [0.15, 0.2) is 12.5 Å². The van der Waals surface area contributed by atoms with E-state index >= 15 is 0 Å². The molecular weight excluding hydrogens is 152 g/mol. The van der Waals surface area contributed by atoms with Crippen molar-refractivity contribution < 1.29 is 4.74 Å². The van der Waals surface area contributed by atoms with E-state index in [0.29, 0.717) is 6.10 Å². The Hall–Kier alpha value is -0.830. The van der Waals surface area contributed by atoms with Gasteiger partial charge >= 0.3 is 0 Å². The topological polar surface area (TPSA) is 37.9 Å². The predicted molar refractivity (Wildman–Crippen MR) is 48.0 cm³/mol. The zero-order valence-corrected chi connectivity index (χ0v) is 7.71. The van der Waals surface area contributed by atoms with Crippen molar-refractivity contribution in [2.45, 2.75) is 32.8 Å². The molecule has 12 heavy (non-hydrogen) atoms. The van der Waals surface area contributed by atoms with Gasteiger partial charge in [-0.05, 0) is 26.7 Å². The Morgan fingerprint density at radius 1 is 1.58 bits per heavy atom. The van der Waals surface area contributed by atoms with Gasteiger partial charge in [0.1, 0.15) is 0 Å². The maximum absolute atomic E-state index is 5.41. The molecule has 0 aliphatic carbocycles. The molecule has 3 heteroatoms. The minimum atomic E-state index is 0.340. The van der Waals surface area contributed by atoms with Gasteiger partial charge in [0.15, 0.2) is 0 Å². The lowest BCUT2D eigenvalue weighted by atomic mass is 10.2. The summed E-state index contributed by atoms with van der Waals surface area (Å²) in [5.74, 6) is 0. The summed E-state index contributed by atoms with van der Waals surface area (Å²) >= 11 is 0. The Morgan fingerprint density at radius 3 is 3.00 bits per heavy atom. The van der Waals surface area contributed by atoms with E-state index in [-0.39, 0.29) is 0 Å². The Morgan fingerprint density at radius 2 is 2.42 bits per heavy atom. The van der Waals surface area contributed by atoms with Gasteiger partial charge in [0.25, 0.3) is 0 Å². The van der Waals surface area contributed by atoms with Gasteiger partial charge in [-0.25, -0.2) is 4.98 Å². The van der Waals surface area contributed by atoms with Gasteiger partial charge < -0.3 is 9.72 Å². The second-order valence-electron chi connectivity index (χ2n) is 3.10. The third kappa shape index (κ3) is 3.53.